The Kier molecular flexibility index (Phi) is 4.52. The third kappa shape index (κ3) is 3.25. The van der Waals surface area contributed by atoms with E-state index in [1.54, 1.807) is 18.2 Å². The van der Waals surface area contributed by atoms with Gasteiger partial charge in [-0.25, -0.2) is 4.79 Å². The van der Waals surface area contributed by atoms with Crippen molar-refractivity contribution >= 4 is 35.1 Å². The van der Waals surface area contributed by atoms with Crippen LogP contribution in [-0.2, 0) is 28.9 Å². The molecule has 1 amide bonds. The summed E-state index contributed by atoms with van der Waals surface area (Å²) in [5.74, 6) is -1.43. The van der Waals surface area contributed by atoms with Gasteiger partial charge in [-0.05, 0) is 34.9 Å². The summed E-state index contributed by atoms with van der Waals surface area (Å²) in [4.78, 5) is 24.3. The number of hydrogen-bond acceptors (Lipinski definition) is 2. The summed E-state index contributed by atoms with van der Waals surface area (Å²) < 4.78 is 0. The molecule has 6 heteroatoms. The Balaban J connectivity index is 1.79. The number of benzene rings is 2. The molecule has 2 aromatic rings. The van der Waals surface area contributed by atoms with Crippen LogP contribution in [0.25, 0.3) is 0 Å². The van der Waals surface area contributed by atoms with Gasteiger partial charge in [0.25, 0.3) is 0 Å². The number of nitrogens with one attached hydrogen (secondary N) is 1. The van der Waals surface area contributed by atoms with Gasteiger partial charge < -0.3 is 10.4 Å². The van der Waals surface area contributed by atoms with E-state index in [0.717, 1.165) is 11.1 Å². The summed E-state index contributed by atoms with van der Waals surface area (Å²) >= 11 is 12.0. The van der Waals surface area contributed by atoms with E-state index in [0.29, 0.717) is 15.6 Å². The smallest absolute Gasteiger partial charge is 0.330 e. The van der Waals surface area contributed by atoms with E-state index in [2.05, 4.69) is 5.32 Å². The van der Waals surface area contributed by atoms with Crippen molar-refractivity contribution in [3.63, 3.8) is 0 Å². The van der Waals surface area contributed by atoms with Crippen LogP contribution >= 0.6 is 23.2 Å². The second kappa shape index (κ2) is 6.46. The first kappa shape index (κ1) is 16.8. The lowest BCUT2D eigenvalue weighted by atomic mass is 9.95. The van der Waals surface area contributed by atoms with Crippen molar-refractivity contribution in [2.45, 2.75) is 24.8 Å². The number of carbonyl (C=O) groups excluding carboxylic acids is 1. The Morgan fingerprint density at radius 3 is 2.29 bits per heavy atom. The minimum atomic E-state index is -1.31. The van der Waals surface area contributed by atoms with E-state index in [-0.39, 0.29) is 19.3 Å². The number of fused-ring (bicyclic) bond motifs is 1. The van der Waals surface area contributed by atoms with Gasteiger partial charge in [0, 0.05) is 22.9 Å². The van der Waals surface area contributed by atoms with Crippen LogP contribution in [-0.4, -0.2) is 22.5 Å². The van der Waals surface area contributed by atoms with Crippen LogP contribution in [0.1, 0.15) is 16.7 Å². The van der Waals surface area contributed by atoms with E-state index in [4.69, 9.17) is 23.2 Å². The standard InChI is InChI=1S/C18H15Cl2NO3/c19-14-5-6-15(20)13(7-14)8-16(22)21-18(17(23)24)9-11-3-1-2-4-12(11)10-18/h1-7H,8-10H2,(H,21,22)(H,23,24). The molecule has 1 aliphatic carbocycles. The van der Waals surface area contributed by atoms with Crippen LogP contribution in [0.2, 0.25) is 10.0 Å². The SMILES string of the molecule is O=C(Cc1cc(Cl)ccc1Cl)NC1(C(=O)O)Cc2ccccc2C1. The number of amides is 1. The highest BCUT2D eigenvalue weighted by Gasteiger charge is 2.45. The monoisotopic (exact) mass is 363 g/mol. The van der Waals surface area contributed by atoms with Crippen LogP contribution in [0, 0.1) is 0 Å². The summed E-state index contributed by atoms with van der Waals surface area (Å²) in [5, 5.41) is 13.3. The molecule has 0 aliphatic heterocycles. The number of carboxylic acids is 1. The molecule has 24 heavy (non-hydrogen) atoms. The molecule has 0 aromatic heterocycles. The van der Waals surface area contributed by atoms with E-state index in [1.807, 2.05) is 24.3 Å². The topological polar surface area (TPSA) is 66.4 Å². The molecule has 0 spiro atoms. The number of halogens is 2. The average molecular weight is 364 g/mol. The van der Waals surface area contributed by atoms with Crippen molar-refractivity contribution in [3.8, 4) is 0 Å². The molecular weight excluding hydrogens is 349 g/mol. The molecule has 0 saturated heterocycles. The zero-order chi connectivity index (χ0) is 17.3. The predicted molar refractivity (Wildman–Crippen MR) is 92.5 cm³/mol. The molecule has 2 N–H and O–H groups in total. The van der Waals surface area contributed by atoms with Gasteiger partial charge in [0.1, 0.15) is 5.54 Å². The van der Waals surface area contributed by atoms with Crippen molar-refractivity contribution in [2.75, 3.05) is 0 Å². The molecule has 0 atom stereocenters. The van der Waals surface area contributed by atoms with E-state index in [1.165, 1.54) is 0 Å². The van der Waals surface area contributed by atoms with Gasteiger partial charge in [0.15, 0.2) is 0 Å². The molecular formula is C18H15Cl2NO3. The highest BCUT2D eigenvalue weighted by Crippen LogP contribution is 2.30. The highest BCUT2D eigenvalue weighted by molar-refractivity contribution is 6.33. The van der Waals surface area contributed by atoms with Crippen LogP contribution < -0.4 is 5.32 Å². The Hall–Kier alpha value is -2.04. The van der Waals surface area contributed by atoms with Crippen molar-refractivity contribution in [2.24, 2.45) is 0 Å². The number of carboxylic acid groups (broad SMARTS) is 1. The molecule has 3 rings (SSSR count). The first-order valence-corrected chi connectivity index (χ1v) is 8.20. The lowest BCUT2D eigenvalue weighted by Crippen LogP contribution is -2.55. The minimum Gasteiger partial charge on any atom is -0.479 e. The van der Waals surface area contributed by atoms with Gasteiger partial charge in [-0.15, -0.1) is 0 Å². The van der Waals surface area contributed by atoms with Crippen LogP contribution in [0.5, 0.6) is 0 Å². The summed E-state index contributed by atoms with van der Waals surface area (Å²) in [6.45, 7) is 0. The molecule has 0 bridgehead atoms. The maximum absolute atomic E-state index is 12.4. The van der Waals surface area contributed by atoms with Gasteiger partial charge in [0.2, 0.25) is 5.91 Å². The van der Waals surface area contributed by atoms with Crippen molar-refractivity contribution in [1.29, 1.82) is 0 Å². The molecule has 0 heterocycles. The number of carbonyl (C=O) groups is 2. The summed E-state index contributed by atoms with van der Waals surface area (Å²) in [5.41, 5.74) is 1.14. The second-order valence-electron chi connectivity index (χ2n) is 5.97. The maximum Gasteiger partial charge on any atom is 0.330 e. The minimum absolute atomic E-state index is 0.0230. The average Bonchev–Trinajstić information content (AvgIpc) is 2.90. The molecule has 4 nitrogen and oxygen atoms in total. The van der Waals surface area contributed by atoms with Gasteiger partial charge >= 0.3 is 5.97 Å². The van der Waals surface area contributed by atoms with Crippen molar-refractivity contribution < 1.29 is 14.7 Å². The fraction of sp³-hybridized carbons (Fsp3) is 0.222. The Morgan fingerprint density at radius 1 is 1.08 bits per heavy atom. The van der Waals surface area contributed by atoms with Crippen LogP contribution in [0.3, 0.4) is 0 Å². The number of rotatable bonds is 4. The number of aliphatic carboxylic acids is 1. The number of hydrogen-bond donors (Lipinski definition) is 2. The fourth-order valence-corrected chi connectivity index (χ4v) is 3.45. The molecule has 124 valence electrons. The predicted octanol–water partition coefficient (Wildman–Crippen LogP) is 3.27. The van der Waals surface area contributed by atoms with Crippen molar-refractivity contribution in [1.82, 2.24) is 5.32 Å². The van der Waals surface area contributed by atoms with Gasteiger partial charge in [-0.3, -0.25) is 4.79 Å². The highest BCUT2D eigenvalue weighted by atomic mass is 35.5. The van der Waals surface area contributed by atoms with E-state index in [9.17, 15) is 14.7 Å². The van der Waals surface area contributed by atoms with E-state index < -0.39 is 17.4 Å². The van der Waals surface area contributed by atoms with Crippen LogP contribution in [0.15, 0.2) is 42.5 Å². The summed E-state index contributed by atoms with van der Waals surface area (Å²) in [6.07, 6.45) is 0.520. The second-order valence-corrected chi connectivity index (χ2v) is 6.81. The zero-order valence-corrected chi connectivity index (χ0v) is 14.2. The maximum atomic E-state index is 12.4. The van der Waals surface area contributed by atoms with E-state index >= 15 is 0 Å². The lowest BCUT2D eigenvalue weighted by Gasteiger charge is -2.25. The normalized spacial score (nSPS) is 14.9. The fourth-order valence-electron chi connectivity index (χ4n) is 3.07. The van der Waals surface area contributed by atoms with Gasteiger partial charge in [-0.1, -0.05) is 47.5 Å². The Bertz CT molecular complexity index is 795. The third-order valence-electron chi connectivity index (χ3n) is 4.25. The summed E-state index contributed by atoms with van der Waals surface area (Å²) in [6, 6.07) is 12.4. The third-order valence-corrected chi connectivity index (χ3v) is 4.85. The molecule has 2 aromatic carbocycles. The Morgan fingerprint density at radius 2 is 1.71 bits per heavy atom. The molecule has 0 unspecified atom stereocenters. The molecule has 0 radical (unpaired) electrons. The molecule has 0 saturated carbocycles. The first-order valence-electron chi connectivity index (χ1n) is 7.45. The van der Waals surface area contributed by atoms with Crippen LogP contribution in [0.4, 0.5) is 0 Å². The Labute approximate surface area is 149 Å². The van der Waals surface area contributed by atoms with Crippen molar-refractivity contribution in [3.05, 3.63) is 69.2 Å². The van der Waals surface area contributed by atoms with Gasteiger partial charge in [0.05, 0.1) is 6.42 Å². The zero-order valence-electron chi connectivity index (χ0n) is 12.7. The van der Waals surface area contributed by atoms with Gasteiger partial charge in [-0.2, -0.15) is 0 Å². The summed E-state index contributed by atoms with van der Waals surface area (Å²) in [7, 11) is 0. The largest absolute Gasteiger partial charge is 0.479 e. The molecule has 0 fully saturated rings. The first-order chi connectivity index (χ1) is 11.4. The molecule has 1 aliphatic rings. The lowest BCUT2D eigenvalue weighted by molar-refractivity contribution is -0.147. The quantitative estimate of drug-likeness (QED) is 0.875.